The van der Waals surface area contributed by atoms with Gasteiger partial charge in [0.1, 0.15) is 0 Å². The summed E-state index contributed by atoms with van der Waals surface area (Å²) in [4.78, 5) is 24.7. The number of pyridine rings is 1. The van der Waals surface area contributed by atoms with Crippen LogP contribution in [0.2, 0.25) is 0 Å². The van der Waals surface area contributed by atoms with E-state index < -0.39 is 10.0 Å². The molecule has 4 aromatic rings. The third-order valence-corrected chi connectivity index (χ3v) is 10.5. The van der Waals surface area contributed by atoms with Crippen LogP contribution in [0.15, 0.2) is 65.8 Å². The molecule has 5 rings (SSSR count). The van der Waals surface area contributed by atoms with Gasteiger partial charge in [-0.2, -0.15) is 4.31 Å². The van der Waals surface area contributed by atoms with Gasteiger partial charge in [0.25, 0.3) is 5.91 Å². The zero-order valence-electron chi connectivity index (χ0n) is 22.6. The second-order valence-corrected chi connectivity index (χ2v) is 13.1. The maximum Gasteiger partial charge on any atom is 0.260 e. The van der Waals surface area contributed by atoms with Crippen LogP contribution in [0.3, 0.4) is 0 Å². The molecule has 1 saturated carbocycles. The summed E-state index contributed by atoms with van der Waals surface area (Å²) < 4.78 is 29.7. The van der Waals surface area contributed by atoms with Crippen LogP contribution in [-0.2, 0) is 16.6 Å². The van der Waals surface area contributed by atoms with E-state index in [4.69, 9.17) is 4.98 Å². The quantitative estimate of drug-likeness (QED) is 0.245. The molecule has 9 heteroatoms. The minimum absolute atomic E-state index is 0.0389. The van der Waals surface area contributed by atoms with Crippen LogP contribution in [0.4, 0.5) is 5.13 Å². The van der Waals surface area contributed by atoms with E-state index in [2.05, 4.69) is 24.0 Å². The normalized spacial score (nSPS) is 14.7. The van der Waals surface area contributed by atoms with Crippen molar-refractivity contribution in [3.05, 3.63) is 83.2 Å². The Balaban J connectivity index is 1.47. The number of hydrogen-bond donors (Lipinski definition) is 0. The molecule has 39 heavy (non-hydrogen) atoms. The molecule has 2 aromatic carbocycles. The highest BCUT2D eigenvalue weighted by molar-refractivity contribution is 7.89. The van der Waals surface area contributed by atoms with Gasteiger partial charge < -0.3 is 0 Å². The maximum absolute atomic E-state index is 13.9. The molecule has 204 valence electrons. The molecule has 0 aliphatic heterocycles. The smallest absolute Gasteiger partial charge is 0.260 e. The molecule has 2 aromatic heterocycles. The van der Waals surface area contributed by atoms with Crippen molar-refractivity contribution >= 4 is 42.6 Å². The summed E-state index contributed by atoms with van der Waals surface area (Å²) in [6.07, 6.45) is 8.48. The Labute approximate surface area is 234 Å². The molecule has 0 unspecified atom stereocenters. The van der Waals surface area contributed by atoms with E-state index in [-0.39, 0.29) is 16.8 Å². The second-order valence-electron chi connectivity index (χ2n) is 10.2. The fourth-order valence-electron chi connectivity index (χ4n) is 5.43. The van der Waals surface area contributed by atoms with Crippen LogP contribution in [0.25, 0.3) is 10.2 Å². The predicted molar refractivity (Wildman–Crippen MR) is 157 cm³/mol. The summed E-state index contributed by atoms with van der Waals surface area (Å²) in [6, 6.07) is 14.3. The molecule has 2 heterocycles. The van der Waals surface area contributed by atoms with E-state index in [9.17, 15) is 13.2 Å². The Bertz CT molecular complexity index is 1560. The third kappa shape index (κ3) is 5.76. The molecule has 0 bridgehead atoms. The number of nitrogens with zero attached hydrogens (tertiary/aromatic N) is 4. The summed E-state index contributed by atoms with van der Waals surface area (Å²) in [5.74, 6) is -0.233. The molecule has 0 N–H and O–H groups in total. The number of rotatable bonds is 8. The number of benzene rings is 2. The van der Waals surface area contributed by atoms with Gasteiger partial charge in [-0.15, -0.1) is 0 Å². The molecule has 0 spiro atoms. The summed E-state index contributed by atoms with van der Waals surface area (Å²) in [7, 11) is -3.65. The van der Waals surface area contributed by atoms with Crippen LogP contribution < -0.4 is 4.90 Å². The van der Waals surface area contributed by atoms with Crippen molar-refractivity contribution in [1.29, 1.82) is 0 Å². The van der Waals surface area contributed by atoms with Crippen LogP contribution in [0.1, 0.15) is 66.1 Å². The van der Waals surface area contributed by atoms with Crippen molar-refractivity contribution < 1.29 is 13.2 Å². The highest BCUT2D eigenvalue weighted by atomic mass is 32.2. The number of anilines is 1. The van der Waals surface area contributed by atoms with Gasteiger partial charge in [-0.05, 0) is 85.8 Å². The van der Waals surface area contributed by atoms with E-state index in [1.807, 2.05) is 26.0 Å². The van der Waals surface area contributed by atoms with Crippen molar-refractivity contribution in [2.75, 3.05) is 11.4 Å². The molecular formula is C30H34N4O3S2. The lowest BCUT2D eigenvalue weighted by Crippen LogP contribution is -2.41. The topological polar surface area (TPSA) is 83.5 Å². The number of hydrogen-bond acceptors (Lipinski definition) is 6. The highest BCUT2D eigenvalue weighted by Crippen LogP contribution is 2.34. The van der Waals surface area contributed by atoms with Gasteiger partial charge in [0, 0.05) is 30.5 Å². The van der Waals surface area contributed by atoms with E-state index in [1.54, 1.807) is 45.9 Å². The standard InChI is InChI=1S/C30H34N4O3S2/c1-4-34(25-8-6-5-7-9-25)39(36,37)26-12-10-24(11-13-26)29(35)33(20-23-14-16-31-17-15-23)30-32-28-22(3)18-21(2)19-27(28)38-30/h10-19,25H,4-9,20H2,1-3H3. The van der Waals surface area contributed by atoms with Crippen LogP contribution >= 0.6 is 11.3 Å². The average Bonchev–Trinajstić information content (AvgIpc) is 3.37. The first kappa shape index (κ1) is 27.4. The Morgan fingerprint density at radius 2 is 1.69 bits per heavy atom. The number of carbonyl (C=O) groups is 1. The molecule has 0 saturated heterocycles. The fourth-order valence-corrected chi connectivity index (χ4v) is 8.26. The number of thiazole rings is 1. The molecular weight excluding hydrogens is 528 g/mol. The van der Waals surface area contributed by atoms with Crippen molar-refractivity contribution in [1.82, 2.24) is 14.3 Å². The van der Waals surface area contributed by atoms with Crippen LogP contribution in [0.5, 0.6) is 0 Å². The average molecular weight is 563 g/mol. The van der Waals surface area contributed by atoms with Gasteiger partial charge in [0.2, 0.25) is 10.0 Å². The molecule has 0 atom stereocenters. The molecule has 1 aliphatic rings. The zero-order valence-corrected chi connectivity index (χ0v) is 24.3. The van der Waals surface area contributed by atoms with Crippen LogP contribution in [0, 0.1) is 13.8 Å². The van der Waals surface area contributed by atoms with Gasteiger partial charge in [0.15, 0.2) is 5.13 Å². The number of carbonyl (C=O) groups excluding carboxylic acids is 1. The van der Waals surface area contributed by atoms with E-state index >= 15 is 0 Å². The molecule has 1 fully saturated rings. The lowest BCUT2D eigenvalue weighted by molar-refractivity contribution is 0.0985. The van der Waals surface area contributed by atoms with Gasteiger partial charge in [0.05, 0.1) is 21.7 Å². The first-order chi connectivity index (χ1) is 18.8. The summed E-state index contributed by atoms with van der Waals surface area (Å²) >= 11 is 1.48. The van der Waals surface area contributed by atoms with Crippen molar-refractivity contribution in [3.63, 3.8) is 0 Å². The Morgan fingerprint density at radius 1 is 1.00 bits per heavy atom. The lowest BCUT2D eigenvalue weighted by Gasteiger charge is -2.32. The number of sulfonamides is 1. The minimum atomic E-state index is -3.65. The van der Waals surface area contributed by atoms with E-state index in [1.165, 1.54) is 11.3 Å². The summed E-state index contributed by atoms with van der Waals surface area (Å²) in [5.41, 5.74) is 4.44. The van der Waals surface area contributed by atoms with E-state index in [0.717, 1.165) is 59.0 Å². The van der Waals surface area contributed by atoms with E-state index in [0.29, 0.717) is 23.8 Å². The van der Waals surface area contributed by atoms with Crippen LogP contribution in [-0.4, -0.2) is 41.2 Å². The Kier molecular flexibility index (Phi) is 8.11. The zero-order chi connectivity index (χ0) is 27.6. The summed E-state index contributed by atoms with van der Waals surface area (Å²) in [5, 5.41) is 0.603. The molecule has 7 nitrogen and oxygen atoms in total. The Hall–Kier alpha value is -3.14. The SMILES string of the molecule is CCN(C1CCCCC1)S(=O)(=O)c1ccc(C(=O)N(Cc2ccncc2)c2nc3c(C)cc(C)cc3s2)cc1. The molecule has 1 aliphatic carbocycles. The third-order valence-electron chi connectivity index (χ3n) is 7.39. The number of aromatic nitrogens is 2. The van der Waals surface area contributed by atoms with Crippen molar-refractivity contribution in [2.24, 2.45) is 0 Å². The highest BCUT2D eigenvalue weighted by Gasteiger charge is 2.31. The fraction of sp³-hybridized carbons (Fsp3) is 0.367. The minimum Gasteiger partial charge on any atom is -0.279 e. The molecule has 1 amide bonds. The maximum atomic E-state index is 13.9. The summed E-state index contributed by atoms with van der Waals surface area (Å²) in [6.45, 7) is 6.73. The van der Waals surface area contributed by atoms with Gasteiger partial charge in [-0.3, -0.25) is 14.7 Å². The largest absolute Gasteiger partial charge is 0.279 e. The van der Waals surface area contributed by atoms with Crippen molar-refractivity contribution in [3.8, 4) is 0 Å². The first-order valence-electron chi connectivity index (χ1n) is 13.5. The van der Waals surface area contributed by atoms with Crippen molar-refractivity contribution in [2.45, 2.75) is 70.4 Å². The van der Waals surface area contributed by atoms with Gasteiger partial charge >= 0.3 is 0 Å². The second kappa shape index (κ2) is 11.5. The monoisotopic (exact) mass is 562 g/mol. The lowest BCUT2D eigenvalue weighted by atomic mass is 9.95. The number of aryl methyl sites for hydroxylation is 2. The molecule has 0 radical (unpaired) electrons. The number of fused-ring (bicyclic) bond motifs is 1. The predicted octanol–water partition coefficient (Wildman–Crippen LogP) is 6.50. The van der Waals surface area contributed by atoms with Gasteiger partial charge in [-0.1, -0.05) is 43.6 Å². The first-order valence-corrected chi connectivity index (χ1v) is 15.7. The number of amides is 1. The Morgan fingerprint density at radius 3 is 2.36 bits per heavy atom. The van der Waals surface area contributed by atoms with Gasteiger partial charge in [-0.25, -0.2) is 13.4 Å².